The van der Waals surface area contributed by atoms with Crippen LogP contribution in [0.2, 0.25) is 0 Å². The van der Waals surface area contributed by atoms with E-state index in [1.54, 1.807) is 0 Å². The molecule has 1 aliphatic carbocycles. The fraction of sp³-hybridized carbons (Fsp3) is 0.769. The minimum absolute atomic E-state index is 0.272. The summed E-state index contributed by atoms with van der Waals surface area (Å²) in [5, 5.41) is 10.6. The van der Waals surface area contributed by atoms with Crippen molar-refractivity contribution in [3.8, 4) is 5.75 Å². The van der Waals surface area contributed by atoms with E-state index in [-0.39, 0.29) is 21.8 Å². The van der Waals surface area contributed by atoms with Crippen LogP contribution in [-0.2, 0) is 20.9 Å². The zero-order valence-corrected chi connectivity index (χ0v) is 21.5. The van der Waals surface area contributed by atoms with Crippen molar-refractivity contribution >= 4 is 15.7 Å². The lowest BCUT2D eigenvalue weighted by molar-refractivity contribution is 0.423. The zero-order chi connectivity index (χ0) is 23.3. The van der Waals surface area contributed by atoms with Crippen molar-refractivity contribution in [3.05, 3.63) is 23.3 Å². The van der Waals surface area contributed by atoms with Crippen LogP contribution in [0.4, 0.5) is 5.69 Å². The van der Waals surface area contributed by atoms with Gasteiger partial charge in [-0.25, -0.2) is 8.42 Å². The molecule has 0 unspecified atom stereocenters. The molecule has 1 saturated carbocycles. The van der Waals surface area contributed by atoms with E-state index in [9.17, 15) is 13.5 Å². The van der Waals surface area contributed by atoms with Crippen LogP contribution in [0.3, 0.4) is 0 Å². The van der Waals surface area contributed by atoms with Gasteiger partial charge in [-0.1, -0.05) is 99.3 Å². The summed E-state index contributed by atoms with van der Waals surface area (Å²) in [6.07, 6.45) is 11.9. The lowest BCUT2D eigenvalue weighted by Crippen LogP contribution is -2.29. The normalized spacial score (nSPS) is 18.8. The maximum absolute atomic E-state index is 13.4. The summed E-state index contributed by atoms with van der Waals surface area (Å²) in [5.74, 6) is 0.272. The third-order valence-electron chi connectivity index (χ3n) is 6.48. The lowest BCUT2D eigenvalue weighted by Gasteiger charge is -2.29. The Morgan fingerprint density at radius 3 is 1.45 bits per heavy atom. The average molecular weight is 452 g/mol. The van der Waals surface area contributed by atoms with Crippen molar-refractivity contribution < 1.29 is 13.5 Å². The summed E-state index contributed by atoms with van der Waals surface area (Å²) < 4.78 is 29.7. The van der Waals surface area contributed by atoms with Crippen molar-refractivity contribution in [1.82, 2.24) is 0 Å². The Morgan fingerprint density at radius 1 is 0.742 bits per heavy atom. The number of aromatic hydroxyl groups is 1. The van der Waals surface area contributed by atoms with E-state index in [1.165, 1.54) is 32.1 Å². The summed E-state index contributed by atoms with van der Waals surface area (Å²) in [5.41, 5.74) is 1.53. The number of hydrogen-bond acceptors (Lipinski definition) is 3. The highest BCUT2D eigenvalue weighted by Gasteiger charge is 2.29. The van der Waals surface area contributed by atoms with Crippen LogP contribution < -0.4 is 4.72 Å². The Kier molecular flexibility index (Phi) is 8.89. The number of hydrogen-bond donors (Lipinski definition) is 2. The maximum Gasteiger partial charge on any atom is 0.235 e. The van der Waals surface area contributed by atoms with Gasteiger partial charge in [0.1, 0.15) is 5.75 Å². The third kappa shape index (κ3) is 7.69. The Balaban J connectivity index is 2.32. The first-order valence-corrected chi connectivity index (χ1v) is 13.8. The van der Waals surface area contributed by atoms with Crippen molar-refractivity contribution in [3.63, 3.8) is 0 Å². The molecule has 0 spiro atoms. The molecular weight excluding hydrogens is 406 g/mol. The number of benzene rings is 1. The Hall–Kier alpha value is -1.23. The lowest BCUT2D eigenvalue weighted by atomic mass is 9.79. The first-order chi connectivity index (χ1) is 14.3. The highest BCUT2D eigenvalue weighted by Crippen LogP contribution is 2.41. The second kappa shape index (κ2) is 10.6. The molecular formula is C26H45NO3S. The Morgan fingerprint density at radius 2 is 1.10 bits per heavy atom. The second-order valence-electron chi connectivity index (χ2n) is 11.4. The van der Waals surface area contributed by atoms with Gasteiger partial charge in [-0.2, -0.15) is 0 Å². The number of sulfonamides is 1. The molecule has 0 radical (unpaired) electrons. The van der Waals surface area contributed by atoms with E-state index < -0.39 is 10.0 Å². The topological polar surface area (TPSA) is 66.4 Å². The first kappa shape index (κ1) is 26.0. The fourth-order valence-corrected chi connectivity index (χ4v) is 6.09. The molecule has 2 N–H and O–H groups in total. The number of phenols is 1. The van der Waals surface area contributed by atoms with Crippen LogP contribution in [0, 0.1) is 0 Å². The molecule has 1 aliphatic rings. The van der Waals surface area contributed by atoms with Gasteiger partial charge in [-0.3, -0.25) is 4.72 Å². The molecule has 0 atom stereocenters. The number of anilines is 1. The minimum Gasteiger partial charge on any atom is -0.507 e. The molecule has 0 aliphatic heterocycles. The van der Waals surface area contributed by atoms with Crippen LogP contribution in [0.25, 0.3) is 0 Å². The largest absolute Gasteiger partial charge is 0.507 e. The molecule has 1 aromatic carbocycles. The second-order valence-corrected chi connectivity index (χ2v) is 13.4. The maximum atomic E-state index is 13.4. The van der Waals surface area contributed by atoms with E-state index in [2.05, 4.69) is 4.72 Å². The highest BCUT2D eigenvalue weighted by molar-refractivity contribution is 7.93. The summed E-state index contributed by atoms with van der Waals surface area (Å²) >= 11 is 0. The van der Waals surface area contributed by atoms with Gasteiger partial charge in [0.05, 0.1) is 5.25 Å². The monoisotopic (exact) mass is 451 g/mol. The van der Waals surface area contributed by atoms with Crippen molar-refractivity contribution in [2.24, 2.45) is 0 Å². The van der Waals surface area contributed by atoms with Gasteiger partial charge in [-0.15, -0.1) is 0 Å². The fourth-order valence-electron chi connectivity index (χ4n) is 4.52. The predicted molar refractivity (Wildman–Crippen MR) is 133 cm³/mol. The van der Waals surface area contributed by atoms with E-state index in [0.717, 1.165) is 49.7 Å². The van der Waals surface area contributed by atoms with Gasteiger partial charge < -0.3 is 5.11 Å². The van der Waals surface area contributed by atoms with E-state index in [1.807, 2.05) is 53.7 Å². The smallest absolute Gasteiger partial charge is 0.235 e. The van der Waals surface area contributed by atoms with Crippen molar-refractivity contribution in [2.45, 2.75) is 128 Å². The molecule has 1 aromatic rings. The zero-order valence-electron chi connectivity index (χ0n) is 20.7. The molecule has 0 bridgehead atoms. The third-order valence-corrected chi connectivity index (χ3v) is 8.35. The first-order valence-electron chi connectivity index (χ1n) is 12.2. The predicted octanol–water partition coefficient (Wildman–Crippen LogP) is 7.40. The Labute approximate surface area is 191 Å². The Bertz CT molecular complexity index is 769. The number of phenolic OH excluding ortho intramolecular Hbond substituents is 1. The van der Waals surface area contributed by atoms with Crippen LogP contribution in [0.5, 0.6) is 5.75 Å². The summed E-state index contributed by atoms with van der Waals surface area (Å²) in [4.78, 5) is 0. The summed E-state index contributed by atoms with van der Waals surface area (Å²) in [7, 11) is -3.49. The summed E-state index contributed by atoms with van der Waals surface area (Å²) in [6.45, 7) is 12.2. The molecule has 178 valence electrons. The van der Waals surface area contributed by atoms with Gasteiger partial charge >= 0.3 is 0 Å². The van der Waals surface area contributed by atoms with Crippen LogP contribution in [-0.4, -0.2) is 18.8 Å². The highest BCUT2D eigenvalue weighted by atomic mass is 32.2. The van der Waals surface area contributed by atoms with Gasteiger partial charge in [0.15, 0.2) is 0 Å². The average Bonchev–Trinajstić information content (AvgIpc) is 2.61. The molecule has 2 rings (SSSR count). The molecule has 0 heterocycles. The van der Waals surface area contributed by atoms with Crippen molar-refractivity contribution in [1.29, 1.82) is 0 Å². The van der Waals surface area contributed by atoms with Gasteiger partial charge in [0.25, 0.3) is 0 Å². The van der Waals surface area contributed by atoms with Gasteiger partial charge in [-0.05, 0) is 35.8 Å². The van der Waals surface area contributed by atoms with E-state index in [0.29, 0.717) is 5.69 Å². The van der Waals surface area contributed by atoms with Crippen LogP contribution >= 0.6 is 0 Å². The molecule has 0 aromatic heterocycles. The number of rotatable bonds is 3. The van der Waals surface area contributed by atoms with Crippen molar-refractivity contribution in [2.75, 3.05) is 4.72 Å². The quantitative estimate of drug-likeness (QED) is 0.470. The van der Waals surface area contributed by atoms with Gasteiger partial charge in [0.2, 0.25) is 10.0 Å². The molecule has 31 heavy (non-hydrogen) atoms. The van der Waals surface area contributed by atoms with E-state index in [4.69, 9.17) is 0 Å². The number of nitrogens with one attached hydrogen (secondary N) is 1. The van der Waals surface area contributed by atoms with E-state index >= 15 is 0 Å². The summed E-state index contributed by atoms with van der Waals surface area (Å²) in [6, 6.07) is 3.63. The van der Waals surface area contributed by atoms with Gasteiger partial charge in [0, 0.05) is 16.8 Å². The standard InChI is InChI=1S/C26H45NO3S/c1-25(2,3)22-18-20(19-23(24(22)28)26(4,5)6)27-31(29,30)21-16-14-12-10-8-7-9-11-13-15-17-21/h18-19,21,27-28H,7-17H2,1-6H3. The molecule has 5 heteroatoms. The van der Waals surface area contributed by atoms with Crippen LogP contribution in [0.15, 0.2) is 12.1 Å². The molecule has 1 fully saturated rings. The minimum atomic E-state index is -3.49. The van der Waals surface area contributed by atoms with Crippen LogP contribution in [0.1, 0.15) is 123 Å². The SMILES string of the molecule is CC(C)(C)c1cc(NS(=O)(=O)C2CCCCCCCCCCC2)cc(C(C)(C)C)c1O. The molecule has 0 amide bonds. The molecule has 4 nitrogen and oxygen atoms in total. The molecule has 0 saturated heterocycles.